The van der Waals surface area contributed by atoms with Crippen LogP contribution in [0.1, 0.15) is 39.5 Å². The highest BCUT2D eigenvalue weighted by Crippen LogP contribution is 2.23. The van der Waals surface area contributed by atoms with Crippen LogP contribution in [-0.2, 0) is 4.79 Å². The van der Waals surface area contributed by atoms with E-state index in [-0.39, 0.29) is 0 Å². The zero-order valence-electron chi connectivity index (χ0n) is 10.9. The Balaban J connectivity index is 1.88. The van der Waals surface area contributed by atoms with Crippen molar-refractivity contribution in [3.05, 3.63) is 0 Å². The Hall–Kier alpha value is -0.610. The molecule has 0 aromatic rings. The van der Waals surface area contributed by atoms with E-state index in [1.54, 1.807) is 0 Å². The Morgan fingerprint density at radius 1 is 1.35 bits per heavy atom. The first kappa shape index (κ1) is 12.8. The molecule has 1 heterocycles. The van der Waals surface area contributed by atoms with Crippen LogP contribution in [0.3, 0.4) is 0 Å². The smallest absolute Gasteiger partial charge is 0.322 e. The van der Waals surface area contributed by atoms with E-state index in [2.05, 4.69) is 24.1 Å². The molecule has 98 valence electrons. The van der Waals surface area contributed by atoms with E-state index in [0.717, 1.165) is 19.4 Å². The monoisotopic (exact) mass is 240 g/mol. The third-order valence-corrected chi connectivity index (χ3v) is 3.98. The first-order valence-corrected chi connectivity index (χ1v) is 6.79. The number of likely N-dealkylation sites (tertiary alicyclic amines) is 1. The van der Waals surface area contributed by atoms with Gasteiger partial charge >= 0.3 is 5.97 Å². The van der Waals surface area contributed by atoms with Gasteiger partial charge in [-0.15, -0.1) is 0 Å². The molecular formula is C13H24N2O2. The molecule has 0 amide bonds. The van der Waals surface area contributed by atoms with Gasteiger partial charge in [0.2, 0.25) is 0 Å². The lowest BCUT2D eigenvalue weighted by Crippen LogP contribution is -2.51. The molecule has 3 atom stereocenters. The highest BCUT2D eigenvalue weighted by molar-refractivity contribution is 5.73. The normalized spacial score (nSPS) is 32.4. The molecule has 2 aliphatic rings. The van der Waals surface area contributed by atoms with E-state index in [4.69, 9.17) is 0 Å². The Morgan fingerprint density at radius 2 is 2.06 bits per heavy atom. The van der Waals surface area contributed by atoms with E-state index in [1.165, 1.54) is 12.8 Å². The topological polar surface area (TPSA) is 52.6 Å². The lowest BCUT2D eigenvalue weighted by molar-refractivity contribution is -0.140. The number of rotatable bonds is 5. The highest BCUT2D eigenvalue weighted by atomic mass is 16.4. The average Bonchev–Trinajstić information content (AvgIpc) is 3.06. The zero-order valence-corrected chi connectivity index (χ0v) is 10.9. The summed E-state index contributed by atoms with van der Waals surface area (Å²) in [6.07, 6.45) is 4.73. The van der Waals surface area contributed by atoms with Crippen LogP contribution in [0.5, 0.6) is 0 Å². The van der Waals surface area contributed by atoms with Crippen molar-refractivity contribution < 1.29 is 9.90 Å². The Morgan fingerprint density at radius 3 is 2.65 bits per heavy atom. The fraction of sp³-hybridized carbons (Fsp3) is 0.923. The van der Waals surface area contributed by atoms with Crippen LogP contribution in [0.15, 0.2) is 0 Å². The molecule has 1 saturated carbocycles. The Labute approximate surface area is 103 Å². The molecule has 2 N–H and O–H groups in total. The molecule has 3 unspecified atom stereocenters. The van der Waals surface area contributed by atoms with Crippen molar-refractivity contribution in [1.82, 2.24) is 10.2 Å². The summed E-state index contributed by atoms with van der Waals surface area (Å²) in [6, 6.07) is 0.581. The lowest BCUT2D eigenvalue weighted by Gasteiger charge is -2.38. The summed E-state index contributed by atoms with van der Waals surface area (Å²) in [6.45, 7) is 6.15. The van der Waals surface area contributed by atoms with Gasteiger partial charge in [-0.3, -0.25) is 9.69 Å². The van der Waals surface area contributed by atoms with Gasteiger partial charge in [-0.05, 0) is 38.5 Å². The van der Waals surface area contributed by atoms with E-state index in [9.17, 15) is 9.90 Å². The summed E-state index contributed by atoms with van der Waals surface area (Å²) in [4.78, 5) is 13.6. The van der Waals surface area contributed by atoms with E-state index < -0.39 is 12.0 Å². The molecular weight excluding hydrogens is 216 g/mol. The van der Waals surface area contributed by atoms with Gasteiger partial charge in [0.15, 0.2) is 0 Å². The number of carbonyl (C=O) groups is 1. The third-order valence-electron chi connectivity index (χ3n) is 3.98. The van der Waals surface area contributed by atoms with Crippen LogP contribution >= 0.6 is 0 Å². The van der Waals surface area contributed by atoms with Gasteiger partial charge in [0.25, 0.3) is 0 Å². The number of hydrogen-bond acceptors (Lipinski definition) is 3. The van der Waals surface area contributed by atoms with Gasteiger partial charge < -0.3 is 10.4 Å². The van der Waals surface area contributed by atoms with Crippen molar-refractivity contribution in [3.8, 4) is 0 Å². The summed E-state index contributed by atoms with van der Waals surface area (Å²) in [5.74, 6) is -0.0103. The molecule has 17 heavy (non-hydrogen) atoms. The average molecular weight is 240 g/mol. The highest BCUT2D eigenvalue weighted by Gasteiger charge is 2.32. The fourth-order valence-electron chi connectivity index (χ4n) is 2.61. The summed E-state index contributed by atoms with van der Waals surface area (Å²) in [7, 11) is 0. The minimum absolute atomic E-state index is 0.393. The number of aliphatic carboxylic acids is 1. The predicted molar refractivity (Wildman–Crippen MR) is 67.0 cm³/mol. The SMILES string of the molecule is CC1CCC(C)N(CC(NC2CC2)C(=O)O)C1. The summed E-state index contributed by atoms with van der Waals surface area (Å²) >= 11 is 0. The van der Waals surface area contributed by atoms with Gasteiger partial charge in [0.05, 0.1) is 0 Å². The number of nitrogens with one attached hydrogen (secondary N) is 1. The van der Waals surface area contributed by atoms with Crippen molar-refractivity contribution in [2.45, 2.75) is 57.7 Å². The quantitative estimate of drug-likeness (QED) is 0.761. The van der Waals surface area contributed by atoms with Crippen LogP contribution < -0.4 is 5.32 Å². The molecule has 0 radical (unpaired) electrons. The molecule has 1 saturated heterocycles. The van der Waals surface area contributed by atoms with E-state index >= 15 is 0 Å². The minimum Gasteiger partial charge on any atom is -0.480 e. The number of piperidine rings is 1. The number of carboxylic acid groups (broad SMARTS) is 1. The van der Waals surface area contributed by atoms with Crippen LogP contribution in [0.2, 0.25) is 0 Å². The molecule has 0 aromatic carbocycles. The maximum atomic E-state index is 11.2. The fourth-order valence-corrected chi connectivity index (χ4v) is 2.61. The number of carboxylic acids is 1. The zero-order chi connectivity index (χ0) is 12.4. The molecule has 0 aromatic heterocycles. The number of hydrogen-bond donors (Lipinski definition) is 2. The van der Waals surface area contributed by atoms with Gasteiger partial charge in [0.1, 0.15) is 6.04 Å². The molecule has 4 nitrogen and oxygen atoms in total. The van der Waals surface area contributed by atoms with Gasteiger partial charge in [0, 0.05) is 25.2 Å². The summed E-state index contributed by atoms with van der Waals surface area (Å²) < 4.78 is 0. The van der Waals surface area contributed by atoms with Crippen molar-refractivity contribution >= 4 is 5.97 Å². The minimum atomic E-state index is -0.706. The van der Waals surface area contributed by atoms with E-state index in [1.807, 2.05) is 0 Å². The predicted octanol–water partition coefficient (Wildman–Crippen LogP) is 1.31. The maximum Gasteiger partial charge on any atom is 0.322 e. The van der Waals surface area contributed by atoms with Crippen LogP contribution in [0.4, 0.5) is 0 Å². The molecule has 0 bridgehead atoms. The molecule has 4 heteroatoms. The molecule has 2 rings (SSSR count). The standard InChI is InChI=1S/C13H24N2O2/c1-9-3-4-10(2)15(7-9)8-12(13(16)17)14-11-5-6-11/h9-12,14H,3-8H2,1-2H3,(H,16,17). The van der Waals surface area contributed by atoms with Crippen molar-refractivity contribution in [2.24, 2.45) is 5.92 Å². The van der Waals surface area contributed by atoms with Crippen molar-refractivity contribution in [2.75, 3.05) is 13.1 Å². The van der Waals surface area contributed by atoms with Crippen molar-refractivity contribution in [1.29, 1.82) is 0 Å². The summed E-state index contributed by atoms with van der Waals surface area (Å²) in [5.41, 5.74) is 0. The van der Waals surface area contributed by atoms with Crippen LogP contribution in [0.25, 0.3) is 0 Å². The molecule has 2 fully saturated rings. The summed E-state index contributed by atoms with van der Waals surface area (Å²) in [5, 5.41) is 12.5. The number of nitrogens with zero attached hydrogens (tertiary/aromatic N) is 1. The first-order chi connectivity index (χ1) is 8.06. The first-order valence-electron chi connectivity index (χ1n) is 6.79. The molecule has 1 aliphatic carbocycles. The van der Waals surface area contributed by atoms with Gasteiger partial charge in [-0.25, -0.2) is 0 Å². The van der Waals surface area contributed by atoms with Crippen LogP contribution in [0, 0.1) is 5.92 Å². The largest absolute Gasteiger partial charge is 0.480 e. The molecule has 0 spiro atoms. The second-order valence-electron chi connectivity index (χ2n) is 5.82. The van der Waals surface area contributed by atoms with Gasteiger partial charge in [-0.2, -0.15) is 0 Å². The maximum absolute atomic E-state index is 11.2. The second kappa shape index (κ2) is 5.36. The third kappa shape index (κ3) is 3.68. The lowest BCUT2D eigenvalue weighted by atomic mass is 9.94. The Bertz CT molecular complexity index is 279. The molecule has 1 aliphatic heterocycles. The van der Waals surface area contributed by atoms with Crippen LogP contribution in [-0.4, -0.2) is 47.2 Å². The van der Waals surface area contributed by atoms with Gasteiger partial charge in [-0.1, -0.05) is 6.92 Å². The van der Waals surface area contributed by atoms with E-state index in [0.29, 0.717) is 24.5 Å². The second-order valence-corrected chi connectivity index (χ2v) is 5.82. The van der Waals surface area contributed by atoms with Crippen molar-refractivity contribution in [3.63, 3.8) is 0 Å². The Kier molecular flexibility index (Phi) is 4.05.